The molecular weight excluding hydrogens is 228 g/mol. The van der Waals surface area contributed by atoms with Gasteiger partial charge in [-0.05, 0) is 31.5 Å². The lowest BCUT2D eigenvalue weighted by molar-refractivity contribution is 0.232. The van der Waals surface area contributed by atoms with Crippen LogP contribution in [0, 0.1) is 0 Å². The summed E-state index contributed by atoms with van der Waals surface area (Å²) in [5, 5.41) is 3.19. The van der Waals surface area contributed by atoms with E-state index in [0.717, 1.165) is 5.56 Å². The Morgan fingerprint density at radius 1 is 1.17 bits per heavy atom. The van der Waals surface area contributed by atoms with Gasteiger partial charge in [-0.25, -0.2) is 0 Å². The number of anilines is 1. The molecule has 18 heavy (non-hydrogen) atoms. The molecule has 0 amide bonds. The molecule has 5 heteroatoms. The molecule has 0 aliphatic heterocycles. The molecule has 0 radical (unpaired) electrons. The minimum atomic E-state index is 0.0924. The van der Waals surface area contributed by atoms with Gasteiger partial charge in [-0.1, -0.05) is 0 Å². The van der Waals surface area contributed by atoms with Crippen molar-refractivity contribution in [3.63, 3.8) is 0 Å². The van der Waals surface area contributed by atoms with Crippen LogP contribution in [0.15, 0.2) is 36.9 Å². The Labute approximate surface area is 106 Å². The zero-order valence-electron chi connectivity index (χ0n) is 10.5. The first-order valence-corrected chi connectivity index (χ1v) is 5.85. The van der Waals surface area contributed by atoms with Gasteiger partial charge in [-0.2, -0.15) is 4.98 Å². The molecule has 2 aromatic heterocycles. The Kier molecular flexibility index (Phi) is 4.06. The standard InChI is InChI=1S/C13H16N4O/c1-10(2)18-13-9-15-8-12(17-13)16-7-11-3-5-14-6-4-11/h3-6,8-10H,7H2,1-2H3,(H,16,17). The Morgan fingerprint density at radius 3 is 2.67 bits per heavy atom. The molecule has 0 saturated heterocycles. The zero-order chi connectivity index (χ0) is 12.8. The van der Waals surface area contributed by atoms with Gasteiger partial charge >= 0.3 is 0 Å². The average Bonchev–Trinajstić information content (AvgIpc) is 2.37. The number of nitrogens with one attached hydrogen (secondary N) is 1. The van der Waals surface area contributed by atoms with Gasteiger partial charge in [-0.3, -0.25) is 9.97 Å². The van der Waals surface area contributed by atoms with E-state index in [0.29, 0.717) is 18.2 Å². The maximum absolute atomic E-state index is 5.48. The molecule has 0 saturated carbocycles. The summed E-state index contributed by atoms with van der Waals surface area (Å²) in [6.07, 6.45) is 6.91. The maximum Gasteiger partial charge on any atom is 0.234 e. The molecule has 2 heterocycles. The highest BCUT2D eigenvalue weighted by atomic mass is 16.5. The quantitative estimate of drug-likeness (QED) is 0.874. The van der Waals surface area contributed by atoms with Gasteiger partial charge in [0.05, 0.1) is 18.5 Å². The van der Waals surface area contributed by atoms with Crippen LogP contribution in [0.3, 0.4) is 0 Å². The van der Waals surface area contributed by atoms with Gasteiger partial charge in [0, 0.05) is 18.9 Å². The van der Waals surface area contributed by atoms with Crippen LogP contribution in [0.25, 0.3) is 0 Å². The predicted molar refractivity (Wildman–Crippen MR) is 69.4 cm³/mol. The summed E-state index contributed by atoms with van der Waals surface area (Å²) in [5.41, 5.74) is 1.14. The van der Waals surface area contributed by atoms with Crippen molar-refractivity contribution in [2.24, 2.45) is 0 Å². The molecule has 0 unspecified atom stereocenters. The van der Waals surface area contributed by atoms with Crippen molar-refractivity contribution in [2.75, 3.05) is 5.32 Å². The Balaban J connectivity index is 1.97. The highest BCUT2D eigenvalue weighted by molar-refractivity contribution is 5.34. The maximum atomic E-state index is 5.48. The SMILES string of the molecule is CC(C)Oc1cncc(NCc2ccncc2)n1. The summed E-state index contributed by atoms with van der Waals surface area (Å²) >= 11 is 0. The Hall–Kier alpha value is -2.17. The summed E-state index contributed by atoms with van der Waals surface area (Å²) in [4.78, 5) is 12.4. The van der Waals surface area contributed by atoms with Crippen LogP contribution in [0.1, 0.15) is 19.4 Å². The van der Waals surface area contributed by atoms with Crippen LogP contribution in [0.5, 0.6) is 5.88 Å². The molecule has 0 fully saturated rings. The molecule has 0 aliphatic carbocycles. The predicted octanol–water partition coefficient (Wildman–Crippen LogP) is 2.27. The molecule has 0 aliphatic rings. The Morgan fingerprint density at radius 2 is 1.94 bits per heavy atom. The molecule has 0 bridgehead atoms. The second kappa shape index (κ2) is 5.95. The first-order valence-electron chi connectivity index (χ1n) is 5.85. The second-order valence-electron chi connectivity index (χ2n) is 4.12. The fraction of sp³-hybridized carbons (Fsp3) is 0.308. The van der Waals surface area contributed by atoms with Gasteiger partial charge in [0.25, 0.3) is 0 Å². The minimum Gasteiger partial charge on any atom is -0.474 e. The van der Waals surface area contributed by atoms with Gasteiger partial charge in [0.1, 0.15) is 5.82 Å². The largest absolute Gasteiger partial charge is 0.474 e. The molecule has 5 nitrogen and oxygen atoms in total. The van der Waals surface area contributed by atoms with Gasteiger partial charge in [0.15, 0.2) is 0 Å². The van der Waals surface area contributed by atoms with E-state index in [1.54, 1.807) is 24.8 Å². The van der Waals surface area contributed by atoms with Crippen LogP contribution in [0.4, 0.5) is 5.82 Å². The molecule has 2 aromatic rings. The van der Waals surface area contributed by atoms with Crippen molar-refractivity contribution >= 4 is 5.82 Å². The molecular formula is C13H16N4O. The molecule has 94 valence electrons. The van der Waals surface area contributed by atoms with E-state index in [-0.39, 0.29) is 6.10 Å². The van der Waals surface area contributed by atoms with Crippen molar-refractivity contribution < 1.29 is 4.74 Å². The van der Waals surface area contributed by atoms with E-state index in [1.807, 2.05) is 26.0 Å². The summed E-state index contributed by atoms with van der Waals surface area (Å²) in [7, 11) is 0. The Bertz CT molecular complexity index is 487. The first-order chi connectivity index (χ1) is 8.74. The topological polar surface area (TPSA) is 59.9 Å². The fourth-order valence-corrected chi connectivity index (χ4v) is 1.42. The van der Waals surface area contributed by atoms with Crippen LogP contribution in [-0.2, 0) is 6.54 Å². The van der Waals surface area contributed by atoms with Crippen LogP contribution in [-0.4, -0.2) is 21.1 Å². The number of pyridine rings is 1. The van der Waals surface area contributed by atoms with Gasteiger partial charge in [-0.15, -0.1) is 0 Å². The van der Waals surface area contributed by atoms with Crippen molar-refractivity contribution in [3.8, 4) is 5.88 Å². The van der Waals surface area contributed by atoms with E-state index in [4.69, 9.17) is 4.74 Å². The number of aromatic nitrogens is 3. The molecule has 0 atom stereocenters. The van der Waals surface area contributed by atoms with Crippen molar-refractivity contribution in [2.45, 2.75) is 26.5 Å². The summed E-state index contributed by atoms with van der Waals surface area (Å²) in [6, 6.07) is 3.91. The smallest absolute Gasteiger partial charge is 0.234 e. The van der Waals surface area contributed by atoms with E-state index in [9.17, 15) is 0 Å². The number of hydrogen-bond donors (Lipinski definition) is 1. The lowest BCUT2D eigenvalue weighted by Gasteiger charge is -2.10. The van der Waals surface area contributed by atoms with Crippen molar-refractivity contribution in [1.29, 1.82) is 0 Å². The lowest BCUT2D eigenvalue weighted by Crippen LogP contribution is -2.09. The lowest BCUT2D eigenvalue weighted by atomic mass is 10.3. The zero-order valence-corrected chi connectivity index (χ0v) is 10.5. The van der Waals surface area contributed by atoms with E-state index < -0.39 is 0 Å². The average molecular weight is 244 g/mol. The summed E-state index contributed by atoms with van der Waals surface area (Å²) in [5.74, 6) is 1.23. The highest BCUT2D eigenvalue weighted by Gasteiger charge is 2.01. The fourth-order valence-electron chi connectivity index (χ4n) is 1.42. The monoisotopic (exact) mass is 244 g/mol. The second-order valence-corrected chi connectivity index (χ2v) is 4.12. The molecule has 0 spiro atoms. The summed E-state index contributed by atoms with van der Waals surface area (Å²) < 4.78 is 5.48. The number of nitrogens with zero attached hydrogens (tertiary/aromatic N) is 3. The molecule has 1 N–H and O–H groups in total. The molecule has 2 rings (SSSR count). The minimum absolute atomic E-state index is 0.0924. The van der Waals surface area contributed by atoms with Crippen LogP contribution in [0.2, 0.25) is 0 Å². The first kappa shape index (κ1) is 12.3. The van der Waals surface area contributed by atoms with E-state index in [1.165, 1.54) is 0 Å². The van der Waals surface area contributed by atoms with Crippen LogP contribution >= 0.6 is 0 Å². The number of rotatable bonds is 5. The normalized spacial score (nSPS) is 10.4. The van der Waals surface area contributed by atoms with Crippen molar-refractivity contribution in [1.82, 2.24) is 15.0 Å². The highest BCUT2D eigenvalue weighted by Crippen LogP contribution is 2.11. The van der Waals surface area contributed by atoms with Gasteiger partial charge < -0.3 is 10.1 Å². The van der Waals surface area contributed by atoms with E-state index >= 15 is 0 Å². The van der Waals surface area contributed by atoms with Gasteiger partial charge in [0.2, 0.25) is 5.88 Å². The third kappa shape index (κ3) is 3.69. The van der Waals surface area contributed by atoms with Crippen molar-refractivity contribution in [3.05, 3.63) is 42.5 Å². The third-order valence-corrected chi connectivity index (χ3v) is 2.19. The summed E-state index contributed by atoms with van der Waals surface area (Å²) in [6.45, 7) is 4.60. The number of ether oxygens (including phenoxy) is 1. The molecule has 0 aromatic carbocycles. The van der Waals surface area contributed by atoms with E-state index in [2.05, 4.69) is 20.3 Å². The third-order valence-electron chi connectivity index (χ3n) is 2.19. The number of hydrogen-bond acceptors (Lipinski definition) is 5. The van der Waals surface area contributed by atoms with Crippen LogP contribution < -0.4 is 10.1 Å².